The summed E-state index contributed by atoms with van der Waals surface area (Å²) in [6.45, 7) is 2.43. The maximum Gasteiger partial charge on any atom is 0.317 e. The Morgan fingerprint density at radius 1 is 1.11 bits per heavy atom. The molecule has 2 aromatic rings. The largest absolute Gasteiger partial charge is 0.421 e. The summed E-state index contributed by atoms with van der Waals surface area (Å²) in [5.41, 5.74) is 0.760. The van der Waals surface area contributed by atoms with Gasteiger partial charge in [0.25, 0.3) is 0 Å². The number of rotatable bonds is 4. The number of carbonyl (C=O) groups is 1. The fourth-order valence-electron chi connectivity index (χ4n) is 4.13. The molecule has 1 spiro atoms. The normalized spacial score (nSPS) is 19.4. The Hall–Kier alpha value is -2.41. The van der Waals surface area contributed by atoms with Crippen LogP contribution in [0.4, 0.5) is 4.79 Å². The molecule has 7 heteroatoms. The Morgan fingerprint density at radius 2 is 1.89 bits per heavy atom. The zero-order valence-corrected chi connectivity index (χ0v) is 16.2. The van der Waals surface area contributed by atoms with Crippen LogP contribution in [0, 0.1) is 0 Å². The molecule has 1 aromatic carbocycles. The predicted molar refractivity (Wildman–Crippen MR) is 105 cm³/mol. The predicted octanol–water partition coefficient (Wildman–Crippen LogP) is 3.41. The van der Waals surface area contributed by atoms with E-state index in [2.05, 4.69) is 15.5 Å². The van der Waals surface area contributed by atoms with E-state index >= 15 is 0 Å². The summed E-state index contributed by atoms with van der Waals surface area (Å²) >= 11 is 0. The summed E-state index contributed by atoms with van der Waals surface area (Å²) in [5.74, 6) is 1.03. The number of nitrogens with one attached hydrogen (secondary N) is 1. The Morgan fingerprint density at radius 3 is 2.68 bits per heavy atom. The van der Waals surface area contributed by atoms with E-state index < -0.39 is 0 Å². The van der Waals surface area contributed by atoms with Crippen molar-refractivity contribution in [2.45, 2.75) is 50.5 Å². The first kappa shape index (κ1) is 18.9. The summed E-state index contributed by atoms with van der Waals surface area (Å²) in [4.78, 5) is 14.5. The molecule has 7 nitrogen and oxygen atoms in total. The van der Waals surface area contributed by atoms with E-state index in [1.54, 1.807) is 0 Å². The molecular weight excluding hydrogens is 356 g/mol. The number of morpholine rings is 1. The first-order valence-electron chi connectivity index (χ1n) is 10.3. The van der Waals surface area contributed by atoms with Crippen molar-refractivity contribution in [3.63, 3.8) is 0 Å². The van der Waals surface area contributed by atoms with Gasteiger partial charge in [-0.15, -0.1) is 10.2 Å². The second-order valence-corrected chi connectivity index (χ2v) is 7.72. The molecule has 1 N–H and O–H groups in total. The van der Waals surface area contributed by atoms with Crippen molar-refractivity contribution in [3.8, 4) is 11.5 Å². The fourth-order valence-corrected chi connectivity index (χ4v) is 4.13. The number of hydrogen-bond acceptors (Lipinski definition) is 5. The molecule has 1 saturated heterocycles. The first-order valence-corrected chi connectivity index (χ1v) is 10.3. The minimum Gasteiger partial charge on any atom is -0.421 e. The molecule has 1 aromatic heterocycles. The van der Waals surface area contributed by atoms with Crippen LogP contribution in [-0.4, -0.2) is 53.0 Å². The number of nitrogens with zero attached hydrogens (tertiary/aromatic N) is 3. The molecule has 0 unspecified atom stereocenters. The van der Waals surface area contributed by atoms with Crippen LogP contribution >= 0.6 is 0 Å². The number of hydrogen-bond donors (Lipinski definition) is 1. The molecule has 0 bridgehead atoms. The minimum atomic E-state index is -0.136. The Labute approximate surface area is 165 Å². The van der Waals surface area contributed by atoms with Gasteiger partial charge in [-0.3, -0.25) is 0 Å². The van der Waals surface area contributed by atoms with Gasteiger partial charge in [-0.1, -0.05) is 43.9 Å². The zero-order chi connectivity index (χ0) is 19.2. The second-order valence-electron chi connectivity index (χ2n) is 7.72. The number of amides is 2. The number of ether oxygens (including phenoxy) is 1. The zero-order valence-electron chi connectivity index (χ0n) is 16.2. The topological polar surface area (TPSA) is 80.5 Å². The van der Waals surface area contributed by atoms with Gasteiger partial charge in [0, 0.05) is 25.1 Å². The smallest absolute Gasteiger partial charge is 0.317 e. The van der Waals surface area contributed by atoms with Crippen molar-refractivity contribution >= 4 is 6.03 Å². The Kier molecular flexibility index (Phi) is 5.90. The average molecular weight is 384 g/mol. The van der Waals surface area contributed by atoms with Crippen LogP contribution in [0.3, 0.4) is 0 Å². The van der Waals surface area contributed by atoms with Crippen molar-refractivity contribution in [2.24, 2.45) is 0 Å². The van der Waals surface area contributed by atoms with Gasteiger partial charge in [-0.2, -0.15) is 0 Å². The highest BCUT2D eigenvalue weighted by molar-refractivity contribution is 5.74. The lowest BCUT2D eigenvalue weighted by Crippen LogP contribution is -2.56. The maximum atomic E-state index is 12.6. The van der Waals surface area contributed by atoms with Crippen molar-refractivity contribution in [2.75, 3.05) is 26.2 Å². The van der Waals surface area contributed by atoms with Crippen LogP contribution in [0.15, 0.2) is 34.7 Å². The van der Waals surface area contributed by atoms with Gasteiger partial charge in [0.1, 0.15) is 0 Å². The van der Waals surface area contributed by atoms with Crippen LogP contribution in [0.1, 0.15) is 44.4 Å². The third-order valence-corrected chi connectivity index (χ3v) is 5.65. The van der Waals surface area contributed by atoms with E-state index in [1.165, 1.54) is 25.7 Å². The summed E-state index contributed by atoms with van der Waals surface area (Å²) in [6.07, 6.45) is 7.55. The van der Waals surface area contributed by atoms with Gasteiger partial charge < -0.3 is 19.4 Å². The monoisotopic (exact) mass is 384 g/mol. The van der Waals surface area contributed by atoms with E-state index in [9.17, 15) is 4.79 Å². The van der Waals surface area contributed by atoms with Crippen LogP contribution in [0.2, 0.25) is 0 Å². The lowest BCUT2D eigenvalue weighted by atomic mass is 9.92. The van der Waals surface area contributed by atoms with E-state index in [0.717, 1.165) is 18.4 Å². The first-order chi connectivity index (χ1) is 13.7. The second kappa shape index (κ2) is 8.73. The van der Waals surface area contributed by atoms with E-state index in [1.807, 2.05) is 35.2 Å². The molecule has 150 valence electrons. The molecule has 2 aliphatic rings. The molecule has 2 fully saturated rings. The lowest BCUT2D eigenvalue weighted by Gasteiger charge is -2.42. The van der Waals surface area contributed by atoms with E-state index in [4.69, 9.17) is 9.15 Å². The molecule has 4 rings (SSSR count). The Bertz CT molecular complexity index is 769. The summed E-state index contributed by atoms with van der Waals surface area (Å²) < 4.78 is 11.8. The van der Waals surface area contributed by atoms with Crippen LogP contribution in [0.5, 0.6) is 0 Å². The molecule has 0 radical (unpaired) electrons. The van der Waals surface area contributed by atoms with Crippen LogP contribution < -0.4 is 5.32 Å². The van der Waals surface area contributed by atoms with Crippen LogP contribution in [0.25, 0.3) is 11.5 Å². The third-order valence-electron chi connectivity index (χ3n) is 5.65. The van der Waals surface area contributed by atoms with E-state index in [-0.39, 0.29) is 11.6 Å². The average Bonchev–Trinajstić information content (AvgIpc) is 3.09. The molecule has 28 heavy (non-hydrogen) atoms. The fraction of sp³-hybridized carbons (Fsp3) is 0.571. The van der Waals surface area contributed by atoms with Gasteiger partial charge >= 0.3 is 6.03 Å². The summed E-state index contributed by atoms with van der Waals surface area (Å²) in [6, 6.07) is 9.64. The standard InChI is InChI=1S/C21H28N4O3/c26-20(25-14-15-27-21(16-25)11-6-1-2-7-12-21)22-13-10-18-23-24-19(28-18)17-8-4-3-5-9-17/h3-5,8-9H,1-2,6-7,10-16H2,(H,22,26). The quantitative estimate of drug-likeness (QED) is 0.874. The molecule has 1 aliphatic heterocycles. The highest BCUT2D eigenvalue weighted by atomic mass is 16.5. The summed E-state index contributed by atoms with van der Waals surface area (Å²) in [7, 11) is 0. The summed E-state index contributed by atoms with van der Waals surface area (Å²) in [5, 5.41) is 11.2. The Balaban J connectivity index is 1.27. The van der Waals surface area contributed by atoms with Gasteiger partial charge in [0.2, 0.25) is 11.8 Å². The highest BCUT2D eigenvalue weighted by Crippen LogP contribution is 2.33. The van der Waals surface area contributed by atoms with Gasteiger partial charge in [0.15, 0.2) is 0 Å². The van der Waals surface area contributed by atoms with Gasteiger partial charge in [-0.25, -0.2) is 4.79 Å². The molecule has 1 aliphatic carbocycles. The van der Waals surface area contributed by atoms with Crippen molar-refractivity contribution in [1.29, 1.82) is 0 Å². The molecule has 0 atom stereocenters. The number of carbonyl (C=O) groups excluding carboxylic acids is 1. The maximum absolute atomic E-state index is 12.6. The molecule has 2 amide bonds. The SMILES string of the molecule is O=C(NCCc1nnc(-c2ccccc2)o1)N1CCOC2(CCCCCC2)C1. The lowest BCUT2D eigenvalue weighted by molar-refractivity contribution is -0.105. The molecule has 2 heterocycles. The third kappa shape index (κ3) is 4.52. The van der Waals surface area contributed by atoms with E-state index in [0.29, 0.717) is 44.4 Å². The number of benzene rings is 1. The van der Waals surface area contributed by atoms with Gasteiger partial charge in [-0.05, 0) is 25.0 Å². The minimum absolute atomic E-state index is 0.0327. The highest BCUT2D eigenvalue weighted by Gasteiger charge is 2.38. The van der Waals surface area contributed by atoms with Crippen LogP contribution in [-0.2, 0) is 11.2 Å². The molecule has 1 saturated carbocycles. The molecular formula is C21H28N4O3. The number of urea groups is 1. The van der Waals surface area contributed by atoms with Crippen molar-refractivity contribution < 1.29 is 13.9 Å². The van der Waals surface area contributed by atoms with Crippen molar-refractivity contribution in [3.05, 3.63) is 36.2 Å². The van der Waals surface area contributed by atoms with Crippen molar-refractivity contribution in [1.82, 2.24) is 20.4 Å². The number of aromatic nitrogens is 2. The van der Waals surface area contributed by atoms with Gasteiger partial charge in [0.05, 0.1) is 18.8 Å².